The van der Waals surface area contributed by atoms with Crippen LogP contribution in [-0.2, 0) is 14.6 Å². The van der Waals surface area contributed by atoms with Crippen molar-refractivity contribution in [1.29, 1.82) is 0 Å². The van der Waals surface area contributed by atoms with Crippen molar-refractivity contribution >= 4 is 9.84 Å². The third-order valence-electron chi connectivity index (χ3n) is 3.30. The van der Waals surface area contributed by atoms with Gasteiger partial charge in [0.1, 0.15) is 0 Å². The Kier molecular flexibility index (Phi) is 3.84. The van der Waals surface area contributed by atoms with Crippen LogP contribution >= 0.6 is 0 Å². The molecule has 2 aliphatic heterocycles. The zero-order valence-electron chi connectivity index (χ0n) is 9.34. The van der Waals surface area contributed by atoms with Crippen molar-refractivity contribution in [2.24, 2.45) is 0 Å². The normalized spacial score (nSPS) is 35.3. The molecule has 2 atom stereocenters. The zero-order chi connectivity index (χ0) is 11.6. The van der Waals surface area contributed by atoms with Crippen LogP contribution in [0.2, 0.25) is 0 Å². The summed E-state index contributed by atoms with van der Waals surface area (Å²) in [6.07, 6.45) is 2.03. The van der Waals surface area contributed by atoms with Crippen LogP contribution in [0, 0.1) is 0 Å². The van der Waals surface area contributed by atoms with Gasteiger partial charge >= 0.3 is 0 Å². The van der Waals surface area contributed by atoms with Gasteiger partial charge in [-0.3, -0.25) is 4.90 Å². The molecule has 5 nitrogen and oxygen atoms in total. The lowest BCUT2D eigenvalue weighted by Gasteiger charge is -2.28. The molecule has 2 heterocycles. The van der Waals surface area contributed by atoms with Gasteiger partial charge in [-0.05, 0) is 12.8 Å². The molecule has 2 rings (SSSR count). The summed E-state index contributed by atoms with van der Waals surface area (Å²) in [5.74, 6) is 0.534. The molecule has 2 fully saturated rings. The van der Waals surface area contributed by atoms with E-state index in [0.29, 0.717) is 13.1 Å². The van der Waals surface area contributed by atoms with Gasteiger partial charge in [0.25, 0.3) is 0 Å². The molecule has 2 aliphatic rings. The fourth-order valence-corrected chi connectivity index (χ4v) is 3.55. The van der Waals surface area contributed by atoms with E-state index in [1.54, 1.807) is 0 Å². The van der Waals surface area contributed by atoms with Crippen LogP contribution in [0.25, 0.3) is 0 Å². The van der Waals surface area contributed by atoms with Gasteiger partial charge in [0.05, 0.1) is 30.3 Å². The Hall–Kier alpha value is -0.170. The Morgan fingerprint density at radius 2 is 1.81 bits per heavy atom. The van der Waals surface area contributed by atoms with Crippen molar-refractivity contribution in [3.63, 3.8) is 0 Å². The maximum Gasteiger partial charge on any atom is 0.152 e. The summed E-state index contributed by atoms with van der Waals surface area (Å²) in [6.45, 7) is 2.12. The molecule has 0 spiro atoms. The number of rotatable bonds is 3. The third-order valence-corrected chi connectivity index (χ3v) is 4.91. The van der Waals surface area contributed by atoms with E-state index in [0.717, 1.165) is 19.4 Å². The zero-order valence-corrected chi connectivity index (χ0v) is 10.2. The number of hydrogen-bond donors (Lipinski definition) is 1. The predicted molar refractivity (Wildman–Crippen MR) is 60.1 cm³/mol. The topological polar surface area (TPSA) is 66.8 Å². The second-order valence-corrected chi connectivity index (χ2v) is 6.90. The number of nitrogens with zero attached hydrogens (tertiary/aromatic N) is 1. The van der Waals surface area contributed by atoms with Crippen LogP contribution in [0.5, 0.6) is 0 Å². The number of hydrogen-bond acceptors (Lipinski definition) is 5. The quantitative estimate of drug-likeness (QED) is 0.713. The van der Waals surface area contributed by atoms with E-state index in [2.05, 4.69) is 4.90 Å². The van der Waals surface area contributed by atoms with Gasteiger partial charge in [-0.2, -0.15) is 0 Å². The minimum absolute atomic E-state index is 0.0153. The third kappa shape index (κ3) is 3.16. The second kappa shape index (κ2) is 5.00. The van der Waals surface area contributed by atoms with E-state index in [1.165, 1.54) is 0 Å². The first-order valence-electron chi connectivity index (χ1n) is 5.78. The number of aliphatic hydroxyl groups is 1. The van der Waals surface area contributed by atoms with Gasteiger partial charge in [-0.25, -0.2) is 8.42 Å². The Bertz CT molecular complexity index is 316. The van der Waals surface area contributed by atoms with Gasteiger partial charge < -0.3 is 9.84 Å². The van der Waals surface area contributed by atoms with Crippen LogP contribution in [0.4, 0.5) is 0 Å². The minimum Gasteiger partial charge on any atom is -0.394 e. The highest BCUT2D eigenvalue weighted by Crippen LogP contribution is 2.20. The van der Waals surface area contributed by atoms with E-state index in [4.69, 9.17) is 9.84 Å². The summed E-state index contributed by atoms with van der Waals surface area (Å²) >= 11 is 0. The van der Waals surface area contributed by atoms with E-state index in [-0.39, 0.29) is 30.3 Å². The largest absolute Gasteiger partial charge is 0.394 e. The molecule has 0 amide bonds. The number of aliphatic hydroxyl groups excluding tert-OH is 1. The first-order valence-corrected chi connectivity index (χ1v) is 7.60. The van der Waals surface area contributed by atoms with Crippen LogP contribution in [0.15, 0.2) is 0 Å². The Morgan fingerprint density at radius 3 is 2.38 bits per heavy atom. The molecule has 6 heteroatoms. The lowest BCUT2D eigenvalue weighted by Crippen LogP contribution is -2.43. The standard InChI is InChI=1S/C10H19NO4S/c12-8-10-2-1-9(15-10)7-11-3-5-16(13,14)6-4-11/h9-10,12H,1-8H2/t9-,10+/m1/s1. The molecule has 94 valence electrons. The summed E-state index contributed by atoms with van der Waals surface area (Å²) in [6, 6.07) is 0. The summed E-state index contributed by atoms with van der Waals surface area (Å²) in [4.78, 5) is 2.14. The molecule has 0 aliphatic carbocycles. The summed E-state index contributed by atoms with van der Waals surface area (Å²) in [5, 5.41) is 8.94. The fourth-order valence-electron chi connectivity index (χ4n) is 2.27. The molecule has 0 aromatic carbocycles. The highest BCUT2D eigenvalue weighted by Gasteiger charge is 2.28. The van der Waals surface area contributed by atoms with Crippen molar-refractivity contribution in [3.8, 4) is 0 Å². The Morgan fingerprint density at radius 1 is 1.19 bits per heavy atom. The first-order chi connectivity index (χ1) is 7.59. The molecule has 0 unspecified atom stereocenters. The lowest BCUT2D eigenvalue weighted by atomic mass is 10.2. The van der Waals surface area contributed by atoms with Crippen molar-refractivity contribution in [2.45, 2.75) is 25.0 Å². The molecule has 2 saturated heterocycles. The van der Waals surface area contributed by atoms with Crippen LogP contribution in [0.1, 0.15) is 12.8 Å². The van der Waals surface area contributed by atoms with Crippen LogP contribution in [-0.4, -0.2) is 68.4 Å². The number of ether oxygens (including phenoxy) is 1. The molecule has 0 bridgehead atoms. The molecular weight excluding hydrogens is 230 g/mol. The van der Waals surface area contributed by atoms with Crippen molar-refractivity contribution in [3.05, 3.63) is 0 Å². The molecule has 1 N–H and O–H groups in total. The molecule has 0 radical (unpaired) electrons. The van der Waals surface area contributed by atoms with E-state index in [1.807, 2.05) is 0 Å². The molecule has 0 saturated carbocycles. The minimum atomic E-state index is -2.79. The highest BCUT2D eigenvalue weighted by atomic mass is 32.2. The van der Waals surface area contributed by atoms with Crippen LogP contribution in [0.3, 0.4) is 0 Å². The maximum absolute atomic E-state index is 11.2. The average molecular weight is 249 g/mol. The second-order valence-electron chi connectivity index (χ2n) is 4.59. The maximum atomic E-state index is 11.2. The predicted octanol–water partition coefficient (Wildman–Crippen LogP) is -0.743. The Labute approximate surface area is 96.3 Å². The van der Waals surface area contributed by atoms with Gasteiger partial charge in [0.15, 0.2) is 9.84 Å². The van der Waals surface area contributed by atoms with Crippen molar-refractivity contribution < 1.29 is 18.3 Å². The smallest absolute Gasteiger partial charge is 0.152 e. The van der Waals surface area contributed by atoms with Gasteiger partial charge in [-0.15, -0.1) is 0 Å². The fraction of sp³-hybridized carbons (Fsp3) is 1.00. The highest BCUT2D eigenvalue weighted by molar-refractivity contribution is 7.91. The van der Waals surface area contributed by atoms with Crippen LogP contribution < -0.4 is 0 Å². The molecular formula is C10H19NO4S. The van der Waals surface area contributed by atoms with Gasteiger partial charge in [-0.1, -0.05) is 0 Å². The molecule has 0 aromatic heterocycles. The SMILES string of the molecule is O=S1(=O)CCN(C[C@H]2CC[C@@H](CO)O2)CC1. The van der Waals surface area contributed by atoms with Crippen molar-refractivity contribution in [1.82, 2.24) is 4.90 Å². The molecule has 0 aromatic rings. The molecule has 16 heavy (non-hydrogen) atoms. The van der Waals surface area contributed by atoms with Gasteiger partial charge in [0.2, 0.25) is 0 Å². The summed E-state index contributed by atoms with van der Waals surface area (Å²) in [5.41, 5.74) is 0. The summed E-state index contributed by atoms with van der Waals surface area (Å²) in [7, 11) is -2.79. The first kappa shape index (κ1) is 12.3. The van der Waals surface area contributed by atoms with E-state index >= 15 is 0 Å². The monoisotopic (exact) mass is 249 g/mol. The summed E-state index contributed by atoms with van der Waals surface area (Å²) < 4.78 is 28.1. The average Bonchev–Trinajstić information content (AvgIpc) is 2.69. The number of sulfone groups is 1. The Balaban J connectivity index is 1.75. The van der Waals surface area contributed by atoms with E-state index < -0.39 is 9.84 Å². The lowest BCUT2D eigenvalue weighted by molar-refractivity contribution is -0.00226. The van der Waals surface area contributed by atoms with E-state index in [9.17, 15) is 8.42 Å². The van der Waals surface area contributed by atoms with Crippen molar-refractivity contribution in [2.75, 3.05) is 37.7 Å². The van der Waals surface area contributed by atoms with Gasteiger partial charge in [0, 0.05) is 19.6 Å².